The van der Waals surface area contributed by atoms with Gasteiger partial charge in [0.15, 0.2) is 0 Å². The van der Waals surface area contributed by atoms with Gasteiger partial charge >= 0.3 is 0 Å². The molecule has 90 valence electrons. The van der Waals surface area contributed by atoms with Crippen LogP contribution in [0, 0.1) is 5.92 Å². The van der Waals surface area contributed by atoms with Gasteiger partial charge in [0, 0.05) is 12.6 Å². The van der Waals surface area contributed by atoms with Gasteiger partial charge in [0.1, 0.15) is 0 Å². The first kappa shape index (κ1) is 13.2. The van der Waals surface area contributed by atoms with Crippen molar-refractivity contribution >= 4 is 8.07 Å². The van der Waals surface area contributed by atoms with Crippen molar-refractivity contribution in [3.8, 4) is 0 Å². The molecule has 0 aliphatic carbocycles. The van der Waals surface area contributed by atoms with Crippen LogP contribution in [0.25, 0.3) is 0 Å². The monoisotopic (exact) mass is 227 g/mol. The summed E-state index contributed by atoms with van der Waals surface area (Å²) in [5.74, 6) is 1.01. The highest BCUT2D eigenvalue weighted by atomic mass is 28.3. The largest absolute Gasteiger partial charge is 0.311 e. The number of hydrogen-bond donors (Lipinski definition) is 1. The van der Waals surface area contributed by atoms with Crippen LogP contribution in [-0.2, 0) is 0 Å². The molecule has 0 amide bonds. The Morgan fingerprint density at radius 2 is 1.67 bits per heavy atom. The topological polar surface area (TPSA) is 21.9 Å². The summed E-state index contributed by atoms with van der Waals surface area (Å²) in [4.78, 5) is 0. The molecule has 0 aromatic rings. The number of rotatable bonds is 8. The van der Waals surface area contributed by atoms with Gasteiger partial charge in [-0.05, 0) is 12.3 Å². The molecule has 1 heterocycles. The molecule has 0 aromatic heterocycles. The average molecular weight is 227 g/mol. The fourth-order valence-corrected chi connectivity index (χ4v) is 6.89. The van der Waals surface area contributed by atoms with E-state index in [1.165, 1.54) is 37.5 Å². The first-order chi connectivity index (χ1) is 7.19. The molecular weight excluding hydrogens is 198 g/mol. The molecule has 2 unspecified atom stereocenters. The van der Waals surface area contributed by atoms with Crippen molar-refractivity contribution in [2.24, 2.45) is 5.92 Å². The minimum absolute atomic E-state index is 0.868. The molecule has 1 saturated heterocycles. The van der Waals surface area contributed by atoms with Crippen molar-refractivity contribution in [3.05, 3.63) is 0 Å². The van der Waals surface area contributed by atoms with E-state index in [0.717, 1.165) is 12.0 Å². The van der Waals surface area contributed by atoms with E-state index in [4.69, 9.17) is 0 Å². The highest BCUT2D eigenvalue weighted by Gasteiger charge is 2.32. The summed E-state index contributed by atoms with van der Waals surface area (Å²) < 4.78 is 0. The molecule has 1 fully saturated rings. The Bertz CT molecular complexity index is 165. The Labute approximate surface area is 97.0 Å². The first-order valence-electron chi connectivity index (χ1n) is 6.93. The van der Waals surface area contributed by atoms with E-state index in [-0.39, 0.29) is 0 Å². The minimum atomic E-state index is -0.868. The number of hydrogen-bond acceptors (Lipinski definition) is 1. The van der Waals surface area contributed by atoms with Gasteiger partial charge in [-0.25, -0.2) is 0 Å². The third kappa shape index (κ3) is 3.91. The highest BCUT2D eigenvalue weighted by molar-refractivity contribution is 6.79. The minimum Gasteiger partial charge on any atom is -0.311 e. The van der Waals surface area contributed by atoms with Gasteiger partial charge in [-0.15, -0.1) is 0 Å². The third-order valence-corrected chi connectivity index (χ3v) is 10.6. The van der Waals surface area contributed by atoms with Crippen molar-refractivity contribution in [1.29, 1.82) is 0 Å². The van der Waals surface area contributed by atoms with Gasteiger partial charge in [0.05, 0.1) is 8.07 Å². The van der Waals surface area contributed by atoms with Gasteiger partial charge in [-0.3, -0.25) is 0 Å². The van der Waals surface area contributed by atoms with Gasteiger partial charge in [-0.2, -0.15) is 0 Å². The summed E-state index contributed by atoms with van der Waals surface area (Å²) in [5, 5.41) is 3.45. The summed E-state index contributed by atoms with van der Waals surface area (Å²) in [7, 11) is -0.868. The quantitative estimate of drug-likeness (QED) is 0.493. The van der Waals surface area contributed by atoms with Crippen molar-refractivity contribution < 1.29 is 0 Å². The maximum atomic E-state index is 3.45. The first-order valence-corrected chi connectivity index (χ1v) is 9.75. The van der Waals surface area contributed by atoms with Crippen LogP contribution < -0.4 is 5.32 Å². The summed E-state index contributed by atoms with van der Waals surface area (Å²) in [5.41, 5.74) is 0. The molecule has 0 bridgehead atoms. The lowest BCUT2D eigenvalue weighted by molar-refractivity contribution is 0.502. The van der Waals surface area contributed by atoms with Crippen LogP contribution >= 0.6 is 0 Å². The second-order valence-corrected chi connectivity index (χ2v) is 10.9. The predicted octanol–water partition coefficient (Wildman–Crippen LogP) is 3.88. The molecule has 2 heteroatoms. The zero-order valence-electron chi connectivity index (χ0n) is 11.1. The van der Waals surface area contributed by atoms with E-state index < -0.39 is 8.07 Å². The summed E-state index contributed by atoms with van der Waals surface area (Å²) in [6, 6.07) is 6.95. The normalized spacial score (nSPS) is 22.8. The smallest absolute Gasteiger partial charge is 0.0530 e. The Kier molecular flexibility index (Phi) is 5.34. The predicted molar refractivity (Wildman–Crippen MR) is 72.2 cm³/mol. The van der Waals surface area contributed by atoms with Crippen molar-refractivity contribution in [2.45, 2.75) is 70.8 Å². The number of nitrogens with one attached hydrogen (secondary N) is 1. The van der Waals surface area contributed by atoms with Gasteiger partial charge < -0.3 is 5.32 Å². The van der Waals surface area contributed by atoms with Crippen molar-refractivity contribution in [2.75, 3.05) is 6.54 Å². The molecular formula is C13H29NSi. The van der Waals surface area contributed by atoms with E-state index in [2.05, 4.69) is 33.0 Å². The molecule has 1 N–H and O–H groups in total. The fraction of sp³-hybridized carbons (Fsp3) is 1.00. The van der Waals surface area contributed by atoms with Crippen LogP contribution in [0.5, 0.6) is 0 Å². The lowest BCUT2D eigenvalue weighted by Gasteiger charge is -2.32. The fourth-order valence-electron chi connectivity index (χ4n) is 2.84. The molecule has 1 rings (SSSR count). The third-order valence-electron chi connectivity index (χ3n) is 4.66. The zero-order valence-corrected chi connectivity index (χ0v) is 12.1. The SMILES string of the molecule is CCC(CC1CN1)C[Si](CC)(CC)CC. The van der Waals surface area contributed by atoms with Crippen LogP contribution in [0.15, 0.2) is 0 Å². The van der Waals surface area contributed by atoms with Crippen LogP contribution in [-0.4, -0.2) is 20.7 Å². The van der Waals surface area contributed by atoms with Crippen LogP contribution in [0.3, 0.4) is 0 Å². The highest BCUT2D eigenvalue weighted by Crippen LogP contribution is 2.33. The Morgan fingerprint density at radius 3 is 2.00 bits per heavy atom. The molecule has 2 atom stereocenters. The van der Waals surface area contributed by atoms with Gasteiger partial charge in [0.2, 0.25) is 0 Å². The van der Waals surface area contributed by atoms with Crippen molar-refractivity contribution in [1.82, 2.24) is 5.32 Å². The maximum absolute atomic E-state index is 3.45. The summed E-state index contributed by atoms with van der Waals surface area (Å²) in [6.45, 7) is 11.0. The summed E-state index contributed by atoms with van der Waals surface area (Å²) >= 11 is 0. The molecule has 0 aromatic carbocycles. The molecule has 0 saturated carbocycles. The Morgan fingerprint density at radius 1 is 1.13 bits per heavy atom. The van der Waals surface area contributed by atoms with Crippen LogP contribution in [0.2, 0.25) is 24.2 Å². The van der Waals surface area contributed by atoms with E-state index >= 15 is 0 Å². The molecule has 1 aliphatic rings. The Balaban J connectivity index is 2.44. The van der Waals surface area contributed by atoms with E-state index in [9.17, 15) is 0 Å². The van der Waals surface area contributed by atoms with Crippen LogP contribution in [0.4, 0.5) is 0 Å². The van der Waals surface area contributed by atoms with Crippen LogP contribution in [0.1, 0.15) is 40.5 Å². The Hall–Kier alpha value is 0.177. The molecule has 0 spiro atoms. The molecule has 15 heavy (non-hydrogen) atoms. The van der Waals surface area contributed by atoms with E-state index in [0.29, 0.717) is 0 Å². The van der Waals surface area contributed by atoms with E-state index in [1.807, 2.05) is 0 Å². The van der Waals surface area contributed by atoms with Crippen molar-refractivity contribution in [3.63, 3.8) is 0 Å². The van der Waals surface area contributed by atoms with Gasteiger partial charge in [0.25, 0.3) is 0 Å². The lowest BCUT2D eigenvalue weighted by Crippen LogP contribution is -2.34. The second-order valence-electron chi connectivity index (χ2n) is 5.38. The average Bonchev–Trinajstić information content (AvgIpc) is 3.08. The lowest BCUT2D eigenvalue weighted by atomic mass is 10.0. The molecule has 1 aliphatic heterocycles. The van der Waals surface area contributed by atoms with E-state index in [1.54, 1.807) is 6.04 Å². The maximum Gasteiger partial charge on any atom is 0.0530 e. The molecule has 1 nitrogen and oxygen atoms in total. The second kappa shape index (κ2) is 6.05. The zero-order chi connectivity index (χ0) is 11.3. The molecule has 0 radical (unpaired) electrons. The summed E-state index contributed by atoms with van der Waals surface area (Å²) in [6.07, 6.45) is 2.85. The standard InChI is InChI=1S/C13H29NSi/c1-5-12(9-13-10-14-13)11-15(6-2,7-3)8-4/h12-14H,5-11H2,1-4H3. The van der Waals surface area contributed by atoms with Gasteiger partial charge in [-0.1, -0.05) is 58.3 Å².